The van der Waals surface area contributed by atoms with Gasteiger partial charge in [0.2, 0.25) is 11.3 Å². The lowest BCUT2D eigenvalue weighted by molar-refractivity contribution is 0.197. The molecule has 0 aliphatic heterocycles. The molecule has 0 saturated heterocycles. The first kappa shape index (κ1) is 13.5. The first-order valence-corrected chi connectivity index (χ1v) is 6.25. The second-order valence-corrected chi connectivity index (χ2v) is 4.23. The van der Waals surface area contributed by atoms with Gasteiger partial charge in [-0.15, -0.1) is 0 Å². The summed E-state index contributed by atoms with van der Waals surface area (Å²) in [5, 5.41) is 18.9. The summed E-state index contributed by atoms with van der Waals surface area (Å²) in [4.78, 5) is 18.9. The second-order valence-electron chi connectivity index (χ2n) is 4.23. The fraction of sp³-hybridized carbons (Fsp3) is 0.0833. The van der Waals surface area contributed by atoms with Crippen molar-refractivity contribution in [1.29, 1.82) is 0 Å². The van der Waals surface area contributed by atoms with Gasteiger partial charge in [-0.2, -0.15) is 4.98 Å². The van der Waals surface area contributed by atoms with Crippen molar-refractivity contribution in [2.45, 2.75) is 6.54 Å². The predicted molar refractivity (Wildman–Crippen MR) is 75.9 cm³/mol. The lowest BCUT2D eigenvalue weighted by Crippen LogP contribution is -2.28. The first-order valence-electron chi connectivity index (χ1n) is 6.25. The largest absolute Gasteiger partial charge is 0.464 e. The van der Waals surface area contributed by atoms with Crippen molar-refractivity contribution < 1.29 is 14.5 Å². The van der Waals surface area contributed by atoms with Gasteiger partial charge in [-0.05, 0) is 15.9 Å². The average Bonchev–Trinajstić information content (AvgIpc) is 2.98. The van der Waals surface area contributed by atoms with Crippen LogP contribution < -0.4 is 16.2 Å². The number of fused-ring (bicyclic) bond motifs is 1. The van der Waals surface area contributed by atoms with E-state index < -0.39 is 6.09 Å². The van der Waals surface area contributed by atoms with E-state index in [9.17, 15) is 4.79 Å². The number of carbonyl (C=O) groups is 1. The van der Waals surface area contributed by atoms with Gasteiger partial charge in [0.25, 0.3) is 0 Å². The van der Waals surface area contributed by atoms with Crippen molar-refractivity contribution in [1.82, 2.24) is 25.7 Å². The van der Waals surface area contributed by atoms with Crippen LogP contribution in [0, 0.1) is 0 Å². The highest BCUT2D eigenvalue weighted by Gasteiger charge is 2.13. The number of aromatic nitrogens is 4. The average molecular weight is 301 g/mol. The van der Waals surface area contributed by atoms with E-state index in [0.29, 0.717) is 12.4 Å². The van der Waals surface area contributed by atoms with Crippen molar-refractivity contribution in [3.63, 3.8) is 0 Å². The van der Waals surface area contributed by atoms with Crippen molar-refractivity contribution >= 4 is 29.0 Å². The van der Waals surface area contributed by atoms with E-state index in [4.69, 9.17) is 5.11 Å². The first-order chi connectivity index (χ1) is 10.7. The number of anilines is 2. The number of carboxylic acid groups (broad SMARTS) is 1. The summed E-state index contributed by atoms with van der Waals surface area (Å²) >= 11 is 0. The molecule has 4 N–H and O–H groups in total. The molecule has 112 valence electrons. The number of nitrogens with one attached hydrogen (secondary N) is 3. The van der Waals surface area contributed by atoms with E-state index in [2.05, 4.69) is 35.7 Å². The molecule has 1 amide bonds. The van der Waals surface area contributed by atoms with E-state index in [1.165, 1.54) is 0 Å². The maximum Gasteiger partial charge on any atom is 0.423 e. The SMILES string of the molecule is O=C(O)NNc1nc2nonc2nc1NCc1ccccc1. The monoisotopic (exact) mass is 301 g/mol. The van der Waals surface area contributed by atoms with Crippen LogP contribution in [0.15, 0.2) is 35.0 Å². The summed E-state index contributed by atoms with van der Waals surface area (Å²) in [7, 11) is 0. The maximum atomic E-state index is 10.6. The highest BCUT2D eigenvalue weighted by atomic mass is 16.6. The molecule has 10 nitrogen and oxygen atoms in total. The molecule has 0 fully saturated rings. The van der Waals surface area contributed by atoms with Crippen LogP contribution in [-0.2, 0) is 6.54 Å². The van der Waals surface area contributed by atoms with Gasteiger partial charge < -0.3 is 10.4 Å². The van der Waals surface area contributed by atoms with Crippen LogP contribution in [0.2, 0.25) is 0 Å². The number of rotatable bonds is 5. The molecule has 2 aromatic heterocycles. The zero-order valence-electron chi connectivity index (χ0n) is 11.1. The molecular weight excluding hydrogens is 290 g/mol. The third-order valence-electron chi connectivity index (χ3n) is 2.70. The summed E-state index contributed by atoms with van der Waals surface area (Å²) in [5.74, 6) is 0.488. The van der Waals surface area contributed by atoms with Gasteiger partial charge in [0.05, 0.1) is 0 Å². The standard InChI is InChI=1S/C12H11N7O3/c20-12(21)17-16-9-8(13-6-7-4-2-1-3-5-7)14-10-11(15-9)19-22-18-10/h1-5,17H,6H2,(H,20,21)(H,13,14,18)(H,15,16,19). The molecule has 3 rings (SSSR count). The predicted octanol–water partition coefficient (Wildman–Crippen LogP) is 1.22. The minimum Gasteiger partial charge on any atom is -0.464 e. The third-order valence-corrected chi connectivity index (χ3v) is 2.70. The molecule has 0 bridgehead atoms. The molecule has 3 aromatic rings. The zero-order valence-corrected chi connectivity index (χ0v) is 11.1. The van der Waals surface area contributed by atoms with Gasteiger partial charge in [0.15, 0.2) is 11.6 Å². The fourth-order valence-electron chi connectivity index (χ4n) is 1.74. The summed E-state index contributed by atoms with van der Waals surface area (Å²) in [5.41, 5.74) is 5.85. The number of hydrogen-bond donors (Lipinski definition) is 4. The molecule has 0 unspecified atom stereocenters. The van der Waals surface area contributed by atoms with Crippen LogP contribution in [0.4, 0.5) is 16.4 Å². The van der Waals surface area contributed by atoms with Gasteiger partial charge in [-0.25, -0.2) is 19.8 Å². The Morgan fingerprint density at radius 2 is 1.77 bits per heavy atom. The topological polar surface area (TPSA) is 138 Å². The molecule has 22 heavy (non-hydrogen) atoms. The minimum atomic E-state index is -1.26. The molecule has 0 aliphatic rings. The molecule has 2 heterocycles. The Kier molecular flexibility index (Phi) is 3.64. The molecule has 0 atom stereocenters. The lowest BCUT2D eigenvalue weighted by atomic mass is 10.2. The van der Waals surface area contributed by atoms with E-state index in [-0.39, 0.29) is 17.1 Å². The van der Waals surface area contributed by atoms with E-state index in [0.717, 1.165) is 5.56 Å². The number of hydrazine groups is 1. The summed E-state index contributed by atoms with van der Waals surface area (Å²) in [6, 6.07) is 9.63. The Morgan fingerprint density at radius 3 is 2.45 bits per heavy atom. The van der Waals surface area contributed by atoms with E-state index in [1.807, 2.05) is 35.8 Å². The van der Waals surface area contributed by atoms with Crippen LogP contribution in [0.5, 0.6) is 0 Å². The normalized spacial score (nSPS) is 10.4. The van der Waals surface area contributed by atoms with Crippen LogP contribution in [-0.4, -0.2) is 31.5 Å². The number of hydrogen-bond acceptors (Lipinski definition) is 8. The van der Waals surface area contributed by atoms with Crippen molar-refractivity contribution in [3.05, 3.63) is 35.9 Å². The van der Waals surface area contributed by atoms with Crippen LogP contribution >= 0.6 is 0 Å². The Balaban J connectivity index is 1.84. The van der Waals surface area contributed by atoms with Gasteiger partial charge in [0, 0.05) is 6.54 Å². The van der Waals surface area contributed by atoms with Crippen LogP contribution in [0.25, 0.3) is 11.3 Å². The van der Waals surface area contributed by atoms with Gasteiger partial charge >= 0.3 is 6.09 Å². The summed E-state index contributed by atoms with van der Waals surface area (Å²) < 4.78 is 4.55. The summed E-state index contributed by atoms with van der Waals surface area (Å²) in [6.45, 7) is 0.480. The number of benzene rings is 1. The molecule has 10 heteroatoms. The highest BCUT2D eigenvalue weighted by Crippen LogP contribution is 2.19. The summed E-state index contributed by atoms with van der Waals surface area (Å²) in [6.07, 6.45) is -1.26. The molecule has 0 radical (unpaired) electrons. The van der Waals surface area contributed by atoms with Gasteiger partial charge in [-0.1, -0.05) is 30.3 Å². The van der Waals surface area contributed by atoms with Gasteiger partial charge in [-0.3, -0.25) is 5.43 Å². The maximum absolute atomic E-state index is 10.6. The van der Waals surface area contributed by atoms with Crippen molar-refractivity contribution in [3.8, 4) is 0 Å². The lowest BCUT2D eigenvalue weighted by Gasteiger charge is -2.11. The zero-order chi connectivity index (χ0) is 15.4. The van der Waals surface area contributed by atoms with Gasteiger partial charge in [0.1, 0.15) is 0 Å². The van der Waals surface area contributed by atoms with E-state index >= 15 is 0 Å². The smallest absolute Gasteiger partial charge is 0.423 e. The molecular formula is C12H11N7O3. The molecule has 0 saturated carbocycles. The highest BCUT2D eigenvalue weighted by molar-refractivity contribution is 5.75. The Bertz CT molecular complexity index is 790. The minimum absolute atomic E-state index is 0.167. The Morgan fingerprint density at radius 1 is 1.09 bits per heavy atom. The Hall–Kier alpha value is -3.43. The molecule has 0 aliphatic carbocycles. The number of amides is 1. The Labute approximate surface area is 123 Å². The quantitative estimate of drug-likeness (QED) is 0.512. The second kappa shape index (κ2) is 5.91. The van der Waals surface area contributed by atoms with E-state index in [1.54, 1.807) is 0 Å². The molecule has 1 aromatic carbocycles. The fourth-order valence-corrected chi connectivity index (χ4v) is 1.74. The molecule has 0 spiro atoms. The van der Waals surface area contributed by atoms with Crippen LogP contribution in [0.3, 0.4) is 0 Å². The number of nitrogens with zero attached hydrogens (tertiary/aromatic N) is 4. The van der Waals surface area contributed by atoms with Crippen LogP contribution in [0.1, 0.15) is 5.56 Å². The van der Waals surface area contributed by atoms with Crippen molar-refractivity contribution in [2.24, 2.45) is 0 Å². The van der Waals surface area contributed by atoms with Crippen molar-refractivity contribution in [2.75, 3.05) is 10.7 Å². The third kappa shape index (κ3) is 3.00.